The molecule has 0 bridgehead atoms. The van der Waals surface area contributed by atoms with Gasteiger partial charge in [-0.15, -0.1) is 0 Å². The SMILES string of the molecule is CC1CCCN(C(=O)Nc2ncc(N)cc2Br)C1. The van der Waals surface area contributed by atoms with Crippen LogP contribution in [-0.2, 0) is 0 Å². The standard InChI is InChI=1S/C12H17BrN4O/c1-8-3-2-4-17(7-8)12(18)16-11-10(13)5-9(14)6-15-11/h5-6,8H,2-4,7,14H2,1H3,(H,15,16,18). The van der Waals surface area contributed by atoms with Crippen LogP contribution in [0, 0.1) is 5.92 Å². The number of nitrogens with two attached hydrogens (primary N) is 1. The maximum Gasteiger partial charge on any atom is 0.323 e. The summed E-state index contributed by atoms with van der Waals surface area (Å²) in [6.07, 6.45) is 3.78. The first-order valence-corrected chi connectivity index (χ1v) is 6.82. The normalized spacial score (nSPS) is 19.7. The van der Waals surface area contributed by atoms with Crippen molar-refractivity contribution in [2.75, 3.05) is 24.1 Å². The number of halogens is 1. The van der Waals surface area contributed by atoms with Crippen LogP contribution in [0.2, 0.25) is 0 Å². The number of carbonyl (C=O) groups excluding carboxylic acids is 1. The van der Waals surface area contributed by atoms with Gasteiger partial charge in [0.1, 0.15) is 5.82 Å². The molecule has 0 saturated carbocycles. The molecule has 0 aliphatic carbocycles. The fraction of sp³-hybridized carbons (Fsp3) is 0.500. The Kier molecular flexibility index (Phi) is 4.06. The largest absolute Gasteiger partial charge is 0.397 e. The van der Waals surface area contributed by atoms with Gasteiger partial charge in [0.2, 0.25) is 0 Å². The predicted octanol–water partition coefficient (Wildman–Crippen LogP) is 2.69. The number of nitrogens with zero attached hydrogens (tertiary/aromatic N) is 2. The molecule has 6 heteroatoms. The van der Waals surface area contributed by atoms with Crippen molar-refractivity contribution in [3.63, 3.8) is 0 Å². The molecule has 1 saturated heterocycles. The van der Waals surface area contributed by atoms with E-state index in [4.69, 9.17) is 5.73 Å². The number of rotatable bonds is 1. The monoisotopic (exact) mass is 312 g/mol. The Morgan fingerprint density at radius 1 is 1.67 bits per heavy atom. The molecule has 0 spiro atoms. The van der Waals surface area contributed by atoms with Crippen molar-refractivity contribution < 1.29 is 4.79 Å². The first-order chi connectivity index (χ1) is 8.56. The fourth-order valence-corrected chi connectivity index (χ4v) is 2.56. The third-order valence-corrected chi connectivity index (χ3v) is 3.64. The topological polar surface area (TPSA) is 71.2 Å². The molecule has 0 radical (unpaired) electrons. The molecule has 18 heavy (non-hydrogen) atoms. The molecular formula is C12H17BrN4O. The first-order valence-electron chi connectivity index (χ1n) is 6.03. The third-order valence-electron chi connectivity index (χ3n) is 3.03. The highest BCUT2D eigenvalue weighted by atomic mass is 79.9. The molecule has 1 atom stereocenters. The third kappa shape index (κ3) is 3.13. The van der Waals surface area contributed by atoms with Crippen LogP contribution in [0.5, 0.6) is 0 Å². The number of hydrogen-bond donors (Lipinski definition) is 2. The number of amides is 2. The molecule has 3 N–H and O–H groups in total. The summed E-state index contributed by atoms with van der Waals surface area (Å²) in [6.45, 7) is 3.78. The summed E-state index contributed by atoms with van der Waals surface area (Å²) >= 11 is 3.34. The van der Waals surface area contributed by atoms with Crippen molar-refractivity contribution in [2.24, 2.45) is 5.92 Å². The van der Waals surface area contributed by atoms with E-state index < -0.39 is 0 Å². The summed E-state index contributed by atoms with van der Waals surface area (Å²) in [4.78, 5) is 18.0. The summed E-state index contributed by atoms with van der Waals surface area (Å²) in [7, 11) is 0. The molecule has 1 aromatic heterocycles. The minimum atomic E-state index is -0.0977. The van der Waals surface area contributed by atoms with Gasteiger partial charge in [-0.2, -0.15) is 0 Å². The lowest BCUT2D eigenvalue weighted by Gasteiger charge is -2.30. The zero-order chi connectivity index (χ0) is 13.1. The lowest BCUT2D eigenvalue weighted by molar-refractivity contribution is 0.182. The minimum Gasteiger partial charge on any atom is -0.397 e. The van der Waals surface area contributed by atoms with Crippen molar-refractivity contribution in [3.8, 4) is 0 Å². The van der Waals surface area contributed by atoms with Crippen LogP contribution in [0.4, 0.5) is 16.3 Å². The molecule has 1 aromatic rings. The number of nitrogen functional groups attached to an aromatic ring is 1. The first kappa shape index (κ1) is 13.1. The van der Waals surface area contributed by atoms with Gasteiger partial charge in [-0.25, -0.2) is 9.78 Å². The van der Waals surface area contributed by atoms with Gasteiger partial charge in [-0.3, -0.25) is 5.32 Å². The van der Waals surface area contributed by atoms with E-state index in [2.05, 4.69) is 33.2 Å². The summed E-state index contributed by atoms with van der Waals surface area (Å²) in [5.41, 5.74) is 6.17. The lowest BCUT2D eigenvalue weighted by Crippen LogP contribution is -2.41. The second-order valence-corrected chi connectivity index (χ2v) is 5.58. The summed E-state index contributed by atoms with van der Waals surface area (Å²) < 4.78 is 0.695. The molecule has 98 valence electrons. The number of nitrogens with one attached hydrogen (secondary N) is 1. The van der Waals surface area contributed by atoms with Gasteiger partial charge < -0.3 is 10.6 Å². The number of aromatic nitrogens is 1. The van der Waals surface area contributed by atoms with Crippen LogP contribution in [0.3, 0.4) is 0 Å². The Labute approximate surface area is 115 Å². The van der Waals surface area contributed by atoms with Crippen molar-refractivity contribution in [2.45, 2.75) is 19.8 Å². The molecular weight excluding hydrogens is 296 g/mol. The highest BCUT2D eigenvalue weighted by molar-refractivity contribution is 9.10. The molecule has 5 nitrogen and oxygen atoms in total. The van der Waals surface area contributed by atoms with Gasteiger partial charge in [0.05, 0.1) is 16.4 Å². The molecule has 1 aliphatic heterocycles. The average Bonchev–Trinajstić information content (AvgIpc) is 2.32. The highest BCUT2D eigenvalue weighted by Gasteiger charge is 2.21. The van der Waals surface area contributed by atoms with Crippen molar-refractivity contribution >= 4 is 33.5 Å². The van der Waals surface area contributed by atoms with E-state index in [1.165, 1.54) is 12.6 Å². The molecule has 2 rings (SSSR count). The van der Waals surface area contributed by atoms with E-state index in [1.54, 1.807) is 6.07 Å². The smallest absolute Gasteiger partial charge is 0.323 e. The number of hydrogen-bond acceptors (Lipinski definition) is 3. The minimum absolute atomic E-state index is 0.0977. The zero-order valence-electron chi connectivity index (χ0n) is 10.3. The van der Waals surface area contributed by atoms with Gasteiger partial charge in [0.15, 0.2) is 0 Å². The van der Waals surface area contributed by atoms with Crippen LogP contribution < -0.4 is 11.1 Å². The molecule has 0 aromatic carbocycles. The van der Waals surface area contributed by atoms with Gasteiger partial charge in [-0.1, -0.05) is 6.92 Å². The Morgan fingerprint density at radius 3 is 3.11 bits per heavy atom. The molecule has 2 heterocycles. The second-order valence-electron chi connectivity index (χ2n) is 4.72. The Balaban J connectivity index is 2.02. The zero-order valence-corrected chi connectivity index (χ0v) is 11.9. The van der Waals surface area contributed by atoms with E-state index in [9.17, 15) is 4.79 Å². The maximum absolute atomic E-state index is 12.1. The van der Waals surface area contributed by atoms with E-state index in [0.29, 0.717) is 21.9 Å². The van der Waals surface area contributed by atoms with Crippen molar-refractivity contribution in [1.82, 2.24) is 9.88 Å². The van der Waals surface area contributed by atoms with Gasteiger partial charge in [0.25, 0.3) is 0 Å². The number of urea groups is 1. The van der Waals surface area contributed by atoms with E-state index >= 15 is 0 Å². The quantitative estimate of drug-likeness (QED) is 0.837. The van der Waals surface area contributed by atoms with Gasteiger partial charge in [0, 0.05) is 13.1 Å². The Hall–Kier alpha value is -1.30. The van der Waals surface area contributed by atoms with Crippen LogP contribution in [0.15, 0.2) is 16.7 Å². The molecule has 2 amide bonds. The van der Waals surface area contributed by atoms with Crippen molar-refractivity contribution in [3.05, 3.63) is 16.7 Å². The van der Waals surface area contributed by atoms with Gasteiger partial charge in [-0.05, 0) is 40.8 Å². The fourth-order valence-electron chi connectivity index (χ4n) is 2.10. The number of anilines is 2. The number of piperidine rings is 1. The van der Waals surface area contributed by atoms with Crippen LogP contribution in [0.25, 0.3) is 0 Å². The number of likely N-dealkylation sites (tertiary alicyclic amines) is 1. The van der Waals surface area contributed by atoms with Crippen LogP contribution in [0.1, 0.15) is 19.8 Å². The van der Waals surface area contributed by atoms with E-state index in [-0.39, 0.29) is 6.03 Å². The van der Waals surface area contributed by atoms with E-state index in [1.807, 2.05) is 4.90 Å². The Bertz CT molecular complexity index is 452. The van der Waals surface area contributed by atoms with Crippen molar-refractivity contribution in [1.29, 1.82) is 0 Å². The Morgan fingerprint density at radius 2 is 2.44 bits per heavy atom. The number of pyridine rings is 1. The lowest BCUT2D eigenvalue weighted by atomic mass is 10.0. The van der Waals surface area contributed by atoms with Crippen LogP contribution in [-0.4, -0.2) is 29.0 Å². The van der Waals surface area contributed by atoms with E-state index in [0.717, 1.165) is 19.5 Å². The molecule has 1 fully saturated rings. The molecule has 1 aliphatic rings. The maximum atomic E-state index is 12.1. The van der Waals surface area contributed by atoms with Crippen LogP contribution >= 0.6 is 15.9 Å². The molecule has 1 unspecified atom stereocenters. The summed E-state index contributed by atoms with van der Waals surface area (Å²) in [5.74, 6) is 1.07. The number of carbonyl (C=O) groups is 1. The summed E-state index contributed by atoms with van der Waals surface area (Å²) in [6, 6.07) is 1.63. The van der Waals surface area contributed by atoms with Gasteiger partial charge >= 0.3 is 6.03 Å². The predicted molar refractivity (Wildman–Crippen MR) is 75.3 cm³/mol. The average molecular weight is 313 g/mol. The highest BCUT2D eigenvalue weighted by Crippen LogP contribution is 2.23. The summed E-state index contributed by atoms with van der Waals surface area (Å²) in [5, 5.41) is 2.80. The second kappa shape index (κ2) is 5.56.